The number of halogens is 6. The van der Waals surface area contributed by atoms with Crippen molar-refractivity contribution < 1.29 is 45.4 Å². The Balaban J connectivity index is 1.32. The molecule has 35 heavy (non-hydrogen) atoms. The number of carbonyl (C=O) groups excluding carboxylic acids is 2. The minimum Gasteiger partial charge on any atom is -0.379 e. The van der Waals surface area contributed by atoms with E-state index in [9.17, 15) is 35.9 Å². The zero-order chi connectivity index (χ0) is 25.6. The summed E-state index contributed by atoms with van der Waals surface area (Å²) in [4.78, 5) is 31.0. The van der Waals surface area contributed by atoms with Crippen molar-refractivity contribution in [3.05, 3.63) is 23.9 Å². The van der Waals surface area contributed by atoms with Crippen LogP contribution < -0.4 is 15.8 Å². The smallest absolute Gasteiger partial charge is 0.379 e. The highest BCUT2D eigenvalue weighted by atomic mass is 19.4. The van der Waals surface area contributed by atoms with Gasteiger partial charge in [-0.1, -0.05) is 0 Å². The highest BCUT2D eigenvalue weighted by molar-refractivity contribution is 5.80. The summed E-state index contributed by atoms with van der Waals surface area (Å²) in [5.41, 5.74) is 3.44. The number of ether oxygens (including phenoxy) is 2. The van der Waals surface area contributed by atoms with Crippen LogP contribution in [0.15, 0.2) is 18.3 Å². The molecule has 0 spiro atoms. The summed E-state index contributed by atoms with van der Waals surface area (Å²) in [5, 5.41) is 0. The maximum atomic E-state index is 13.0. The van der Waals surface area contributed by atoms with Crippen LogP contribution in [-0.4, -0.2) is 86.5 Å². The number of nitrogens with zero attached hydrogens (tertiary/aromatic N) is 3. The number of carbonyl (C=O) groups is 2. The number of hydrogen-bond acceptors (Lipinski definition) is 7. The van der Waals surface area contributed by atoms with Crippen molar-refractivity contribution in [2.24, 2.45) is 5.92 Å². The van der Waals surface area contributed by atoms with E-state index in [2.05, 4.69) is 10.4 Å². The monoisotopic (exact) mass is 513 g/mol. The molecule has 2 aliphatic heterocycles. The molecule has 2 aliphatic rings. The Labute approximate surface area is 196 Å². The largest absolute Gasteiger partial charge is 0.417 e. The second kappa shape index (κ2) is 11.4. The fraction of sp³-hybridized carbons (Fsp3) is 0.650. The molecular weight excluding hydrogens is 488 g/mol. The van der Waals surface area contributed by atoms with Crippen LogP contribution in [0, 0.1) is 5.92 Å². The van der Waals surface area contributed by atoms with E-state index >= 15 is 0 Å². The quantitative estimate of drug-likeness (QED) is 0.400. The molecule has 2 saturated heterocycles. The summed E-state index contributed by atoms with van der Waals surface area (Å²) in [5.74, 6) is -3.28. The summed E-state index contributed by atoms with van der Waals surface area (Å²) >= 11 is 0. The van der Waals surface area contributed by atoms with Gasteiger partial charge in [0.1, 0.15) is 5.82 Å². The van der Waals surface area contributed by atoms with E-state index in [0.29, 0.717) is 32.0 Å². The maximum Gasteiger partial charge on any atom is 0.417 e. The van der Waals surface area contributed by atoms with Gasteiger partial charge in [0.15, 0.2) is 5.92 Å². The lowest BCUT2D eigenvalue weighted by Gasteiger charge is -2.35. The second-order valence-corrected chi connectivity index (χ2v) is 7.93. The zero-order valence-electron chi connectivity index (χ0n) is 18.5. The van der Waals surface area contributed by atoms with Crippen LogP contribution in [0.2, 0.25) is 0 Å². The van der Waals surface area contributed by atoms with E-state index in [1.807, 2.05) is 5.43 Å². The van der Waals surface area contributed by atoms with Crippen molar-refractivity contribution in [3.8, 4) is 0 Å². The molecule has 3 rings (SSSR count). The molecule has 15 heteroatoms. The lowest BCUT2D eigenvalue weighted by molar-refractivity contribution is -0.214. The van der Waals surface area contributed by atoms with Gasteiger partial charge in [0, 0.05) is 38.9 Å². The van der Waals surface area contributed by atoms with Gasteiger partial charge in [0.05, 0.1) is 37.9 Å². The third kappa shape index (κ3) is 7.41. The van der Waals surface area contributed by atoms with E-state index in [1.54, 1.807) is 9.80 Å². The number of nitrogens with one attached hydrogen (secondary N) is 2. The predicted octanol–water partition coefficient (Wildman–Crippen LogP) is 1.35. The van der Waals surface area contributed by atoms with Crippen LogP contribution in [0.4, 0.5) is 32.2 Å². The Bertz CT molecular complexity index is 859. The van der Waals surface area contributed by atoms with Gasteiger partial charge in [-0.05, 0) is 12.1 Å². The molecule has 9 nitrogen and oxygen atoms in total. The fourth-order valence-corrected chi connectivity index (χ4v) is 3.72. The second-order valence-electron chi connectivity index (χ2n) is 7.93. The number of hydrazine groups is 1. The van der Waals surface area contributed by atoms with Crippen LogP contribution in [-0.2, 0) is 25.2 Å². The molecule has 0 bridgehead atoms. The number of pyridine rings is 1. The highest BCUT2D eigenvalue weighted by Crippen LogP contribution is 2.31. The molecular formula is C20H25F6N5O4. The van der Waals surface area contributed by atoms with E-state index in [0.717, 1.165) is 12.3 Å². The van der Waals surface area contributed by atoms with E-state index in [4.69, 9.17) is 9.47 Å². The van der Waals surface area contributed by atoms with Crippen molar-refractivity contribution in [1.29, 1.82) is 0 Å². The first-order valence-corrected chi connectivity index (χ1v) is 10.8. The number of piperazine rings is 1. The normalized spacial score (nSPS) is 21.7. The van der Waals surface area contributed by atoms with Gasteiger partial charge in [-0.25, -0.2) is 10.4 Å². The molecule has 2 N–H and O–H groups in total. The number of anilines is 1. The molecule has 0 aromatic carbocycles. The summed E-state index contributed by atoms with van der Waals surface area (Å²) in [6, 6.07) is 2.26. The SMILES string of the molecule is O=C1NNCC(OCCOCCC(=O)N2CCN(c3ccc(C(F)(F)F)cn3)CC2)C1C(F)(F)F. The molecule has 0 saturated carbocycles. The van der Waals surface area contributed by atoms with Crippen molar-refractivity contribution >= 4 is 17.6 Å². The van der Waals surface area contributed by atoms with Gasteiger partial charge >= 0.3 is 12.4 Å². The molecule has 0 aliphatic carbocycles. The number of hydrogen-bond donors (Lipinski definition) is 2. The summed E-state index contributed by atoms with van der Waals surface area (Å²) < 4.78 is 87.5. The first-order chi connectivity index (χ1) is 16.5. The molecule has 1 aromatic rings. The molecule has 2 fully saturated rings. The van der Waals surface area contributed by atoms with Gasteiger partial charge in [-0.2, -0.15) is 26.3 Å². The van der Waals surface area contributed by atoms with Crippen LogP contribution in [0.25, 0.3) is 0 Å². The molecule has 2 amide bonds. The van der Waals surface area contributed by atoms with Crippen molar-refractivity contribution in [3.63, 3.8) is 0 Å². The maximum absolute atomic E-state index is 13.0. The van der Waals surface area contributed by atoms with Gasteiger partial charge < -0.3 is 19.3 Å². The molecule has 1 aromatic heterocycles. The number of aromatic nitrogens is 1. The fourth-order valence-electron chi connectivity index (χ4n) is 3.72. The Hall–Kier alpha value is -2.65. The number of alkyl halides is 6. The average molecular weight is 513 g/mol. The Morgan fingerprint density at radius 2 is 1.77 bits per heavy atom. The van der Waals surface area contributed by atoms with E-state index < -0.39 is 35.8 Å². The topological polar surface area (TPSA) is 96.0 Å². The Kier molecular flexibility index (Phi) is 8.77. The summed E-state index contributed by atoms with van der Waals surface area (Å²) in [7, 11) is 0. The number of amides is 2. The zero-order valence-corrected chi connectivity index (χ0v) is 18.5. The van der Waals surface area contributed by atoms with Crippen molar-refractivity contribution in [2.45, 2.75) is 24.9 Å². The first-order valence-electron chi connectivity index (χ1n) is 10.8. The molecule has 2 unspecified atom stereocenters. The van der Waals surface area contributed by atoms with Crippen LogP contribution in [0.1, 0.15) is 12.0 Å². The summed E-state index contributed by atoms with van der Waals surface area (Å²) in [6.45, 7) is 1.13. The van der Waals surface area contributed by atoms with Crippen molar-refractivity contribution in [2.75, 3.05) is 57.4 Å². The van der Waals surface area contributed by atoms with Gasteiger partial charge in [0.2, 0.25) is 11.8 Å². The van der Waals surface area contributed by atoms with Crippen molar-refractivity contribution in [1.82, 2.24) is 20.7 Å². The first kappa shape index (κ1) is 26.9. The standard InChI is InChI=1S/C20H25F6N5O4/c21-19(22,23)13-1-2-15(27-11-13)30-4-6-31(7-5-30)16(32)3-8-34-9-10-35-14-12-28-29-18(33)17(14)20(24,25)26/h1-2,11,14,17,28H,3-10,12H2,(H,29,33). The Morgan fingerprint density at radius 1 is 1.06 bits per heavy atom. The molecule has 3 heterocycles. The average Bonchev–Trinajstić information content (AvgIpc) is 2.80. The number of rotatable bonds is 8. The van der Waals surface area contributed by atoms with Crippen LogP contribution in [0.5, 0.6) is 0 Å². The lowest BCUT2D eigenvalue weighted by Crippen LogP contribution is -2.60. The third-order valence-electron chi connectivity index (χ3n) is 5.57. The minimum atomic E-state index is -4.74. The van der Waals surface area contributed by atoms with E-state index in [1.165, 1.54) is 6.07 Å². The van der Waals surface area contributed by atoms with Gasteiger partial charge in [-0.3, -0.25) is 15.0 Å². The van der Waals surface area contributed by atoms with Crippen LogP contribution in [0.3, 0.4) is 0 Å². The minimum absolute atomic E-state index is 0.0367. The third-order valence-corrected chi connectivity index (χ3v) is 5.57. The Morgan fingerprint density at radius 3 is 2.37 bits per heavy atom. The van der Waals surface area contributed by atoms with E-state index in [-0.39, 0.29) is 38.7 Å². The predicted molar refractivity (Wildman–Crippen MR) is 109 cm³/mol. The molecule has 196 valence electrons. The summed E-state index contributed by atoms with van der Waals surface area (Å²) in [6.07, 6.45) is -9.76. The lowest BCUT2D eigenvalue weighted by atomic mass is 9.99. The molecule has 0 radical (unpaired) electrons. The van der Waals surface area contributed by atoms with Crippen LogP contribution >= 0.6 is 0 Å². The van der Waals surface area contributed by atoms with Gasteiger partial charge in [-0.15, -0.1) is 0 Å². The highest BCUT2D eigenvalue weighted by Gasteiger charge is 2.52. The molecule has 2 atom stereocenters. The van der Waals surface area contributed by atoms with Gasteiger partial charge in [0.25, 0.3) is 0 Å².